The van der Waals surface area contributed by atoms with Crippen molar-refractivity contribution in [2.45, 2.75) is 39.2 Å². The van der Waals surface area contributed by atoms with Crippen LogP contribution in [-0.2, 0) is 6.54 Å². The quantitative estimate of drug-likeness (QED) is 0.723. The van der Waals surface area contributed by atoms with Crippen LogP contribution in [-0.4, -0.2) is 45.8 Å². The van der Waals surface area contributed by atoms with E-state index in [1.165, 1.54) is 25.9 Å². The molecule has 5 heteroatoms. The van der Waals surface area contributed by atoms with Crippen molar-refractivity contribution in [3.63, 3.8) is 0 Å². The molecule has 0 aromatic carbocycles. The molecule has 0 aliphatic carbocycles. The highest BCUT2D eigenvalue weighted by molar-refractivity contribution is 5.73. The molecule has 0 bridgehead atoms. The Bertz CT molecular complexity index is 380. The zero-order valence-corrected chi connectivity index (χ0v) is 10.6. The zero-order chi connectivity index (χ0) is 12.3. The van der Waals surface area contributed by atoms with Crippen LogP contribution in [0.2, 0.25) is 0 Å². The lowest BCUT2D eigenvalue weighted by Gasteiger charge is -2.16. The molecule has 2 heterocycles. The Morgan fingerprint density at radius 1 is 1.29 bits per heavy atom. The summed E-state index contributed by atoms with van der Waals surface area (Å²) in [4.78, 5) is 13.3. The number of hydrogen-bond donors (Lipinski definition) is 0. The fourth-order valence-electron chi connectivity index (χ4n) is 2.42. The molecule has 0 radical (unpaired) electrons. The smallest absolute Gasteiger partial charge is 0.172 e. The summed E-state index contributed by atoms with van der Waals surface area (Å²) in [5.74, 6) is 0.281. The fourth-order valence-corrected chi connectivity index (χ4v) is 2.42. The van der Waals surface area contributed by atoms with E-state index >= 15 is 0 Å². The summed E-state index contributed by atoms with van der Waals surface area (Å²) >= 11 is 0. The first-order valence-corrected chi connectivity index (χ1v) is 6.33. The minimum absolute atomic E-state index is 0.281. The van der Waals surface area contributed by atoms with Gasteiger partial charge in [-0.05, 0) is 31.8 Å². The van der Waals surface area contributed by atoms with Gasteiger partial charge in [-0.1, -0.05) is 19.1 Å². The molecule has 0 atom stereocenters. The van der Waals surface area contributed by atoms with Gasteiger partial charge in [0.05, 0.1) is 12.2 Å². The Morgan fingerprint density at radius 3 is 2.59 bits per heavy atom. The second-order valence-electron chi connectivity index (χ2n) is 4.90. The minimum Gasteiger partial charge on any atom is -0.301 e. The van der Waals surface area contributed by atoms with E-state index in [-0.39, 0.29) is 5.92 Å². The zero-order valence-electron chi connectivity index (χ0n) is 10.6. The summed E-state index contributed by atoms with van der Waals surface area (Å²) in [5.41, 5.74) is 1.45. The molecule has 1 aliphatic rings. The molecule has 17 heavy (non-hydrogen) atoms. The third kappa shape index (κ3) is 2.72. The Kier molecular flexibility index (Phi) is 3.89. The number of likely N-dealkylation sites (tertiary alicyclic amines) is 1. The molecule has 0 saturated carbocycles. The third-order valence-corrected chi connectivity index (χ3v) is 3.29. The van der Waals surface area contributed by atoms with Gasteiger partial charge in [0.2, 0.25) is 0 Å². The summed E-state index contributed by atoms with van der Waals surface area (Å²) in [7, 11) is 0. The van der Waals surface area contributed by atoms with Crippen molar-refractivity contribution in [3.05, 3.63) is 11.4 Å². The molecule has 0 amide bonds. The van der Waals surface area contributed by atoms with Crippen LogP contribution in [0.3, 0.4) is 0 Å². The highest BCUT2D eigenvalue weighted by Gasteiger charge is 2.17. The van der Waals surface area contributed by atoms with E-state index in [1.54, 1.807) is 0 Å². The molecular weight excluding hydrogens is 216 g/mol. The van der Waals surface area contributed by atoms with Crippen molar-refractivity contribution in [3.8, 4) is 0 Å². The summed E-state index contributed by atoms with van der Waals surface area (Å²) in [6.45, 7) is 8.34. The fraction of sp³-hybridized carbons (Fsp3) is 0.750. The summed E-state index contributed by atoms with van der Waals surface area (Å²) in [6.07, 6.45) is 3.40. The van der Waals surface area contributed by atoms with Crippen LogP contribution in [0.25, 0.3) is 0 Å². The topological polar surface area (TPSA) is 51.0 Å². The number of aromatic nitrogens is 3. The first-order valence-electron chi connectivity index (χ1n) is 6.33. The highest BCUT2D eigenvalue weighted by atomic mass is 16.1. The average Bonchev–Trinajstić information content (AvgIpc) is 2.95. The lowest BCUT2D eigenvalue weighted by Crippen LogP contribution is -2.25. The molecule has 1 aromatic rings. The second kappa shape index (κ2) is 5.40. The van der Waals surface area contributed by atoms with Crippen molar-refractivity contribution < 1.29 is 4.79 Å². The van der Waals surface area contributed by atoms with Crippen LogP contribution in [0.5, 0.6) is 0 Å². The molecule has 5 nitrogen and oxygen atoms in total. The van der Waals surface area contributed by atoms with Crippen LogP contribution >= 0.6 is 0 Å². The van der Waals surface area contributed by atoms with E-state index in [1.807, 2.05) is 4.68 Å². The van der Waals surface area contributed by atoms with E-state index in [4.69, 9.17) is 0 Å². The SMILES string of the molecule is CC(C)c1c(C=O)nnn1CCN1CCCC1. The first-order chi connectivity index (χ1) is 8.22. The van der Waals surface area contributed by atoms with Gasteiger partial charge in [-0.25, -0.2) is 4.68 Å². The van der Waals surface area contributed by atoms with Crippen molar-refractivity contribution in [1.29, 1.82) is 0 Å². The number of nitrogens with zero attached hydrogens (tertiary/aromatic N) is 4. The number of rotatable bonds is 5. The summed E-state index contributed by atoms with van der Waals surface area (Å²) in [5, 5.41) is 8.01. The number of carbonyl (C=O) groups excluding carboxylic acids is 1. The molecule has 1 aromatic heterocycles. The van der Waals surface area contributed by atoms with Gasteiger partial charge in [-0.3, -0.25) is 4.79 Å². The Balaban J connectivity index is 2.04. The van der Waals surface area contributed by atoms with Crippen LogP contribution in [0.1, 0.15) is 48.8 Å². The molecule has 1 aliphatic heterocycles. The normalized spacial score (nSPS) is 16.9. The maximum Gasteiger partial charge on any atom is 0.172 e. The van der Waals surface area contributed by atoms with Crippen LogP contribution < -0.4 is 0 Å². The molecule has 94 valence electrons. The van der Waals surface area contributed by atoms with E-state index in [9.17, 15) is 4.79 Å². The van der Waals surface area contributed by atoms with Crippen LogP contribution in [0.4, 0.5) is 0 Å². The predicted molar refractivity (Wildman–Crippen MR) is 65.2 cm³/mol. The lowest BCUT2D eigenvalue weighted by atomic mass is 10.1. The van der Waals surface area contributed by atoms with Gasteiger partial charge < -0.3 is 4.90 Å². The summed E-state index contributed by atoms with van der Waals surface area (Å²) in [6, 6.07) is 0. The van der Waals surface area contributed by atoms with Gasteiger partial charge in [-0.15, -0.1) is 5.10 Å². The molecule has 0 N–H and O–H groups in total. The van der Waals surface area contributed by atoms with Crippen molar-refractivity contribution >= 4 is 6.29 Å². The maximum absolute atomic E-state index is 10.9. The van der Waals surface area contributed by atoms with Crippen molar-refractivity contribution in [1.82, 2.24) is 19.9 Å². The average molecular weight is 236 g/mol. The Hall–Kier alpha value is -1.23. The van der Waals surface area contributed by atoms with Gasteiger partial charge in [0.15, 0.2) is 6.29 Å². The van der Waals surface area contributed by atoms with Gasteiger partial charge in [-0.2, -0.15) is 0 Å². The standard InChI is InChI=1S/C12H20N4O/c1-10(2)12-11(9-17)13-14-16(12)8-7-15-5-3-4-6-15/h9-10H,3-8H2,1-2H3. The van der Waals surface area contributed by atoms with E-state index < -0.39 is 0 Å². The summed E-state index contributed by atoms with van der Waals surface area (Å²) < 4.78 is 1.88. The van der Waals surface area contributed by atoms with Gasteiger partial charge in [0.1, 0.15) is 5.69 Å². The molecule has 0 spiro atoms. The van der Waals surface area contributed by atoms with Crippen LogP contribution in [0.15, 0.2) is 0 Å². The second-order valence-corrected chi connectivity index (χ2v) is 4.90. The lowest BCUT2D eigenvalue weighted by molar-refractivity contribution is 0.111. The van der Waals surface area contributed by atoms with E-state index in [0.29, 0.717) is 5.69 Å². The van der Waals surface area contributed by atoms with Crippen LogP contribution in [0, 0.1) is 0 Å². The third-order valence-electron chi connectivity index (χ3n) is 3.29. The molecule has 1 saturated heterocycles. The number of hydrogen-bond acceptors (Lipinski definition) is 4. The van der Waals surface area contributed by atoms with E-state index in [0.717, 1.165) is 25.1 Å². The molecular formula is C12H20N4O. The maximum atomic E-state index is 10.9. The monoisotopic (exact) mass is 236 g/mol. The molecule has 1 fully saturated rings. The van der Waals surface area contributed by atoms with Gasteiger partial charge >= 0.3 is 0 Å². The largest absolute Gasteiger partial charge is 0.301 e. The Labute approximate surface area is 102 Å². The highest BCUT2D eigenvalue weighted by Crippen LogP contribution is 2.16. The van der Waals surface area contributed by atoms with Gasteiger partial charge in [0, 0.05) is 6.54 Å². The van der Waals surface area contributed by atoms with Crippen molar-refractivity contribution in [2.24, 2.45) is 0 Å². The van der Waals surface area contributed by atoms with Crippen molar-refractivity contribution in [2.75, 3.05) is 19.6 Å². The number of aldehydes is 1. The minimum atomic E-state index is 0.281. The van der Waals surface area contributed by atoms with E-state index in [2.05, 4.69) is 29.1 Å². The molecule has 2 rings (SSSR count). The Morgan fingerprint density at radius 2 is 2.00 bits per heavy atom. The first kappa shape index (κ1) is 12.2. The number of carbonyl (C=O) groups is 1. The predicted octanol–water partition coefficient (Wildman–Crippen LogP) is 1.31. The van der Waals surface area contributed by atoms with Gasteiger partial charge in [0.25, 0.3) is 0 Å². The molecule has 0 unspecified atom stereocenters.